The van der Waals surface area contributed by atoms with Gasteiger partial charge in [0.25, 0.3) is 0 Å². The molecule has 0 aliphatic heterocycles. The fourth-order valence-electron chi connectivity index (χ4n) is 2.25. The number of Topliss-reactive ketones (excluding diaryl/α,β-unsaturated/α-hetero) is 1. The molecule has 2 heteroatoms. The molecule has 0 fully saturated rings. The van der Waals surface area contributed by atoms with Crippen LogP contribution in [0, 0.1) is 0 Å². The molecule has 0 aliphatic carbocycles. The minimum Gasteiger partial charge on any atom is -0.302 e. The fourth-order valence-corrected chi connectivity index (χ4v) is 2.25. The van der Waals surface area contributed by atoms with Gasteiger partial charge in [-0.15, -0.1) is 0 Å². The third kappa shape index (κ3) is 4.63. The molecule has 0 N–H and O–H groups in total. The van der Waals surface area contributed by atoms with Gasteiger partial charge in [0.1, 0.15) is 0 Å². The number of benzene rings is 2. The number of ketones is 1. The molecule has 0 aromatic heterocycles. The molecule has 0 heterocycles. The quantitative estimate of drug-likeness (QED) is 0.711. The van der Waals surface area contributed by atoms with Crippen LogP contribution >= 0.6 is 0 Å². The van der Waals surface area contributed by atoms with Crippen molar-refractivity contribution in [1.82, 2.24) is 4.90 Å². The molecule has 0 spiro atoms. The first kappa shape index (κ1) is 14.5. The van der Waals surface area contributed by atoms with E-state index in [1.54, 1.807) is 0 Å². The molecule has 0 unspecified atom stereocenters. The molecule has 0 bridgehead atoms. The van der Waals surface area contributed by atoms with Gasteiger partial charge in [-0.25, -0.2) is 0 Å². The van der Waals surface area contributed by atoms with Crippen molar-refractivity contribution in [3.8, 4) is 0 Å². The van der Waals surface area contributed by atoms with Crippen molar-refractivity contribution in [2.75, 3.05) is 13.6 Å². The van der Waals surface area contributed by atoms with Crippen molar-refractivity contribution >= 4 is 5.78 Å². The SMILES string of the molecule is CN(CCCC(=O)c1ccccc1)Cc1ccccc1. The molecular formula is C18H21NO. The van der Waals surface area contributed by atoms with Crippen LogP contribution in [-0.2, 0) is 6.54 Å². The monoisotopic (exact) mass is 267 g/mol. The third-order valence-electron chi connectivity index (χ3n) is 3.33. The van der Waals surface area contributed by atoms with E-state index in [9.17, 15) is 4.79 Å². The zero-order chi connectivity index (χ0) is 14.2. The standard InChI is InChI=1S/C18H21NO/c1-19(15-16-9-4-2-5-10-16)14-8-13-18(20)17-11-6-3-7-12-17/h2-7,9-12H,8,13-15H2,1H3. The molecule has 0 atom stereocenters. The molecular weight excluding hydrogens is 246 g/mol. The Labute approximate surface area is 121 Å². The second kappa shape index (κ2) is 7.61. The van der Waals surface area contributed by atoms with Gasteiger partial charge in [-0.3, -0.25) is 4.79 Å². The van der Waals surface area contributed by atoms with E-state index < -0.39 is 0 Å². The first-order chi connectivity index (χ1) is 9.75. The lowest BCUT2D eigenvalue weighted by atomic mass is 10.1. The summed E-state index contributed by atoms with van der Waals surface area (Å²) in [6.45, 7) is 1.87. The summed E-state index contributed by atoms with van der Waals surface area (Å²) >= 11 is 0. The second-order valence-corrected chi connectivity index (χ2v) is 5.12. The number of carbonyl (C=O) groups excluding carboxylic acids is 1. The second-order valence-electron chi connectivity index (χ2n) is 5.12. The summed E-state index contributed by atoms with van der Waals surface area (Å²) in [5.41, 5.74) is 2.13. The Morgan fingerprint density at radius 3 is 2.20 bits per heavy atom. The van der Waals surface area contributed by atoms with Crippen molar-refractivity contribution in [2.45, 2.75) is 19.4 Å². The maximum atomic E-state index is 12.0. The molecule has 0 saturated heterocycles. The number of carbonyl (C=O) groups is 1. The van der Waals surface area contributed by atoms with E-state index in [2.05, 4.69) is 36.2 Å². The van der Waals surface area contributed by atoms with Crippen LogP contribution in [0.4, 0.5) is 0 Å². The predicted octanol–water partition coefficient (Wildman–Crippen LogP) is 3.78. The van der Waals surface area contributed by atoms with E-state index in [4.69, 9.17) is 0 Å². The first-order valence-electron chi connectivity index (χ1n) is 7.06. The topological polar surface area (TPSA) is 20.3 Å². The van der Waals surface area contributed by atoms with E-state index in [1.165, 1.54) is 5.56 Å². The average molecular weight is 267 g/mol. The van der Waals surface area contributed by atoms with Crippen molar-refractivity contribution in [2.24, 2.45) is 0 Å². The Bertz CT molecular complexity index is 522. The van der Waals surface area contributed by atoms with Crippen LogP contribution in [-0.4, -0.2) is 24.3 Å². The highest BCUT2D eigenvalue weighted by molar-refractivity contribution is 5.95. The lowest BCUT2D eigenvalue weighted by Crippen LogP contribution is -2.19. The largest absolute Gasteiger partial charge is 0.302 e. The highest BCUT2D eigenvalue weighted by Crippen LogP contribution is 2.07. The van der Waals surface area contributed by atoms with Gasteiger partial charge in [0, 0.05) is 18.5 Å². The van der Waals surface area contributed by atoms with E-state index in [1.807, 2.05) is 36.4 Å². The lowest BCUT2D eigenvalue weighted by molar-refractivity contribution is 0.0976. The third-order valence-corrected chi connectivity index (χ3v) is 3.33. The molecule has 2 aromatic rings. The van der Waals surface area contributed by atoms with Crippen LogP contribution in [0.25, 0.3) is 0 Å². The Morgan fingerprint density at radius 1 is 0.950 bits per heavy atom. The Hall–Kier alpha value is -1.93. The van der Waals surface area contributed by atoms with E-state index in [0.717, 1.165) is 25.1 Å². The summed E-state index contributed by atoms with van der Waals surface area (Å²) in [6, 6.07) is 19.9. The summed E-state index contributed by atoms with van der Waals surface area (Å²) in [5, 5.41) is 0. The van der Waals surface area contributed by atoms with Crippen molar-refractivity contribution in [3.05, 3.63) is 71.8 Å². The lowest BCUT2D eigenvalue weighted by Gasteiger charge is -2.16. The fraction of sp³-hybridized carbons (Fsp3) is 0.278. The summed E-state index contributed by atoms with van der Waals surface area (Å²) < 4.78 is 0. The van der Waals surface area contributed by atoms with Crippen LogP contribution in [0.1, 0.15) is 28.8 Å². The molecule has 0 aliphatic rings. The number of rotatable bonds is 7. The summed E-state index contributed by atoms with van der Waals surface area (Å²) in [4.78, 5) is 14.2. The van der Waals surface area contributed by atoms with Gasteiger partial charge in [-0.05, 0) is 25.6 Å². The molecule has 20 heavy (non-hydrogen) atoms. The van der Waals surface area contributed by atoms with Crippen LogP contribution in [0.5, 0.6) is 0 Å². The Kier molecular flexibility index (Phi) is 5.51. The highest BCUT2D eigenvalue weighted by Gasteiger charge is 2.06. The van der Waals surface area contributed by atoms with Gasteiger partial charge in [0.2, 0.25) is 0 Å². The van der Waals surface area contributed by atoms with Gasteiger partial charge >= 0.3 is 0 Å². The van der Waals surface area contributed by atoms with Crippen molar-refractivity contribution in [3.63, 3.8) is 0 Å². The maximum absolute atomic E-state index is 12.0. The molecule has 104 valence electrons. The van der Waals surface area contributed by atoms with Crippen LogP contribution in [0.3, 0.4) is 0 Å². The molecule has 2 aromatic carbocycles. The molecule has 2 nitrogen and oxygen atoms in total. The minimum absolute atomic E-state index is 0.235. The van der Waals surface area contributed by atoms with E-state index in [0.29, 0.717) is 6.42 Å². The number of nitrogens with zero attached hydrogens (tertiary/aromatic N) is 1. The van der Waals surface area contributed by atoms with Gasteiger partial charge in [0.05, 0.1) is 0 Å². The summed E-state index contributed by atoms with van der Waals surface area (Å²) in [5.74, 6) is 0.235. The van der Waals surface area contributed by atoms with Crippen molar-refractivity contribution in [1.29, 1.82) is 0 Å². The maximum Gasteiger partial charge on any atom is 0.162 e. The summed E-state index contributed by atoms with van der Waals surface area (Å²) in [7, 11) is 2.10. The van der Waals surface area contributed by atoms with Gasteiger partial charge in [0.15, 0.2) is 5.78 Å². The van der Waals surface area contributed by atoms with Crippen molar-refractivity contribution < 1.29 is 4.79 Å². The minimum atomic E-state index is 0.235. The van der Waals surface area contributed by atoms with Crippen LogP contribution < -0.4 is 0 Å². The van der Waals surface area contributed by atoms with Crippen LogP contribution in [0.15, 0.2) is 60.7 Å². The van der Waals surface area contributed by atoms with Gasteiger partial charge < -0.3 is 4.90 Å². The Morgan fingerprint density at radius 2 is 1.55 bits per heavy atom. The summed E-state index contributed by atoms with van der Waals surface area (Å²) in [6.07, 6.45) is 1.51. The van der Waals surface area contributed by atoms with Gasteiger partial charge in [-0.1, -0.05) is 60.7 Å². The molecule has 2 rings (SSSR count). The smallest absolute Gasteiger partial charge is 0.162 e. The number of hydrogen-bond donors (Lipinski definition) is 0. The predicted molar refractivity (Wildman–Crippen MR) is 82.8 cm³/mol. The molecule has 0 saturated carbocycles. The van der Waals surface area contributed by atoms with E-state index >= 15 is 0 Å². The first-order valence-corrected chi connectivity index (χ1v) is 7.06. The van der Waals surface area contributed by atoms with Crippen LogP contribution in [0.2, 0.25) is 0 Å². The molecule has 0 amide bonds. The number of hydrogen-bond acceptors (Lipinski definition) is 2. The van der Waals surface area contributed by atoms with E-state index in [-0.39, 0.29) is 5.78 Å². The average Bonchev–Trinajstić information content (AvgIpc) is 2.49. The zero-order valence-corrected chi connectivity index (χ0v) is 12.0. The van der Waals surface area contributed by atoms with Gasteiger partial charge in [-0.2, -0.15) is 0 Å². The highest BCUT2D eigenvalue weighted by atomic mass is 16.1. The Balaban J connectivity index is 1.72. The normalized spacial score (nSPS) is 10.7. The zero-order valence-electron chi connectivity index (χ0n) is 12.0. The molecule has 0 radical (unpaired) electrons.